The zero-order valence-corrected chi connectivity index (χ0v) is 14.9. The lowest BCUT2D eigenvalue weighted by Gasteiger charge is -2.26. The van der Waals surface area contributed by atoms with Gasteiger partial charge in [-0.2, -0.15) is 0 Å². The first-order valence-corrected chi connectivity index (χ1v) is 9.55. The van der Waals surface area contributed by atoms with Crippen LogP contribution in [0.4, 0.5) is 13.6 Å². The number of benzene rings is 2. The number of ether oxygens (including phenoxy) is 1. The van der Waals surface area contributed by atoms with Crippen LogP contribution in [0.15, 0.2) is 41.3 Å². The molecule has 0 radical (unpaired) electrons. The molecule has 3 rings (SSSR count). The molecule has 26 heavy (non-hydrogen) atoms. The van der Waals surface area contributed by atoms with Gasteiger partial charge in [0.25, 0.3) is 0 Å². The number of amides is 2. The summed E-state index contributed by atoms with van der Waals surface area (Å²) in [5.74, 6) is -1.37. The predicted octanol–water partition coefficient (Wildman–Crippen LogP) is 2.51. The monoisotopic (exact) mass is 380 g/mol. The number of hydrogen-bond donors (Lipinski definition) is 2. The molecule has 0 saturated heterocycles. The summed E-state index contributed by atoms with van der Waals surface area (Å²) in [5, 5.41) is 5.44. The fraction of sp³-hybridized carbons (Fsp3) is 0.278. The molecule has 5 nitrogen and oxygen atoms in total. The van der Waals surface area contributed by atoms with Crippen LogP contribution >= 0.6 is 0 Å². The van der Waals surface area contributed by atoms with Crippen molar-refractivity contribution in [1.82, 2.24) is 10.6 Å². The molecule has 1 heterocycles. The highest BCUT2D eigenvalue weighted by molar-refractivity contribution is 7.84. The number of nitrogens with one attached hydrogen (secondary N) is 2. The lowest BCUT2D eigenvalue weighted by Crippen LogP contribution is -2.47. The van der Waals surface area contributed by atoms with Gasteiger partial charge in [0.1, 0.15) is 12.4 Å². The standard InChI is InChI=1S/C18H18F2N2O3S/c1-26(24)15-4-2-11(3-5-15)9-21-18(23)22-14-7-12-6-13(19)8-16(20)17(12)25-10-14/h2-6,8,14H,7,9-10H2,1H3,(H2,21,22,23). The van der Waals surface area contributed by atoms with Crippen LogP contribution in [0.1, 0.15) is 11.1 Å². The first-order chi connectivity index (χ1) is 12.4. The zero-order valence-electron chi connectivity index (χ0n) is 14.1. The molecule has 0 bridgehead atoms. The van der Waals surface area contributed by atoms with E-state index in [1.54, 1.807) is 30.5 Å². The van der Waals surface area contributed by atoms with Gasteiger partial charge in [-0.15, -0.1) is 0 Å². The van der Waals surface area contributed by atoms with Crippen LogP contribution in [0, 0.1) is 11.6 Å². The van der Waals surface area contributed by atoms with Crippen molar-refractivity contribution in [3.63, 3.8) is 0 Å². The quantitative estimate of drug-likeness (QED) is 0.857. The maximum atomic E-state index is 13.6. The molecule has 138 valence electrons. The minimum atomic E-state index is -1.04. The number of fused-ring (bicyclic) bond motifs is 1. The first-order valence-electron chi connectivity index (χ1n) is 8.00. The molecular weight excluding hydrogens is 362 g/mol. The lowest BCUT2D eigenvalue weighted by atomic mass is 10.0. The molecule has 2 amide bonds. The Morgan fingerprint density at radius 2 is 2.00 bits per heavy atom. The number of halogens is 2. The van der Waals surface area contributed by atoms with Crippen molar-refractivity contribution in [1.29, 1.82) is 0 Å². The van der Waals surface area contributed by atoms with Gasteiger partial charge in [0.2, 0.25) is 0 Å². The Bertz CT molecular complexity index is 843. The Balaban J connectivity index is 1.53. The number of carbonyl (C=O) groups is 1. The Labute approximate surface area is 152 Å². The Morgan fingerprint density at radius 3 is 2.69 bits per heavy atom. The van der Waals surface area contributed by atoms with Crippen molar-refractivity contribution >= 4 is 16.8 Å². The Kier molecular flexibility index (Phi) is 5.51. The maximum Gasteiger partial charge on any atom is 0.315 e. The third-order valence-corrected chi connectivity index (χ3v) is 4.96. The average molecular weight is 380 g/mol. The second kappa shape index (κ2) is 7.82. The summed E-state index contributed by atoms with van der Waals surface area (Å²) in [6.07, 6.45) is 1.89. The molecule has 0 fully saturated rings. The van der Waals surface area contributed by atoms with Crippen LogP contribution in [0.25, 0.3) is 0 Å². The number of carbonyl (C=O) groups excluding carboxylic acids is 1. The second-order valence-corrected chi connectivity index (χ2v) is 7.39. The minimum Gasteiger partial charge on any atom is -0.488 e. The number of rotatable bonds is 4. The van der Waals surface area contributed by atoms with E-state index in [4.69, 9.17) is 4.74 Å². The summed E-state index contributed by atoms with van der Waals surface area (Å²) in [5.41, 5.74) is 1.26. The molecule has 2 N–H and O–H groups in total. The molecule has 1 aliphatic heterocycles. The topological polar surface area (TPSA) is 67.4 Å². The van der Waals surface area contributed by atoms with Crippen molar-refractivity contribution in [2.24, 2.45) is 0 Å². The highest BCUT2D eigenvalue weighted by Gasteiger charge is 2.24. The molecular formula is C18H18F2N2O3S. The summed E-state index contributed by atoms with van der Waals surface area (Å²) >= 11 is 0. The van der Waals surface area contributed by atoms with Gasteiger partial charge in [-0.05, 0) is 30.2 Å². The molecule has 0 saturated carbocycles. The SMILES string of the molecule is CS(=O)c1ccc(CNC(=O)NC2COc3c(F)cc(F)cc3C2)cc1. The highest BCUT2D eigenvalue weighted by atomic mass is 32.2. The van der Waals surface area contributed by atoms with E-state index >= 15 is 0 Å². The molecule has 1 aliphatic rings. The van der Waals surface area contributed by atoms with E-state index in [0.717, 1.165) is 16.5 Å². The smallest absolute Gasteiger partial charge is 0.315 e. The zero-order chi connectivity index (χ0) is 18.7. The molecule has 2 aromatic rings. The van der Waals surface area contributed by atoms with Crippen LogP contribution in [0.5, 0.6) is 5.75 Å². The number of urea groups is 1. The second-order valence-electron chi connectivity index (χ2n) is 6.01. The molecule has 0 aromatic heterocycles. The van der Waals surface area contributed by atoms with Crippen LogP contribution in [-0.4, -0.2) is 29.1 Å². The summed E-state index contributed by atoms with van der Waals surface area (Å²) in [6.45, 7) is 0.413. The van der Waals surface area contributed by atoms with Gasteiger partial charge in [0, 0.05) is 40.1 Å². The van der Waals surface area contributed by atoms with Crippen molar-refractivity contribution in [3.8, 4) is 5.75 Å². The largest absolute Gasteiger partial charge is 0.488 e. The predicted molar refractivity (Wildman–Crippen MR) is 93.5 cm³/mol. The average Bonchev–Trinajstić information content (AvgIpc) is 2.60. The van der Waals surface area contributed by atoms with Crippen molar-refractivity contribution in [3.05, 3.63) is 59.2 Å². The fourth-order valence-corrected chi connectivity index (χ4v) is 3.26. The van der Waals surface area contributed by atoms with Crippen molar-refractivity contribution < 1.29 is 22.5 Å². The van der Waals surface area contributed by atoms with E-state index in [0.29, 0.717) is 12.1 Å². The Morgan fingerprint density at radius 1 is 1.27 bits per heavy atom. The van der Waals surface area contributed by atoms with Gasteiger partial charge in [-0.3, -0.25) is 4.21 Å². The fourth-order valence-electron chi connectivity index (χ4n) is 2.75. The third-order valence-electron chi connectivity index (χ3n) is 4.02. The normalized spacial score (nSPS) is 17.0. The van der Waals surface area contributed by atoms with E-state index in [1.165, 1.54) is 6.07 Å². The van der Waals surface area contributed by atoms with Gasteiger partial charge in [0.15, 0.2) is 11.6 Å². The van der Waals surface area contributed by atoms with E-state index < -0.39 is 28.5 Å². The van der Waals surface area contributed by atoms with E-state index in [2.05, 4.69) is 10.6 Å². The van der Waals surface area contributed by atoms with Crippen LogP contribution in [-0.2, 0) is 23.8 Å². The van der Waals surface area contributed by atoms with Gasteiger partial charge >= 0.3 is 6.03 Å². The Hall–Kier alpha value is -2.48. The van der Waals surface area contributed by atoms with E-state index in [1.807, 2.05) is 0 Å². The van der Waals surface area contributed by atoms with Gasteiger partial charge in [0.05, 0.1) is 6.04 Å². The van der Waals surface area contributed by atoms with Gasteiger partial charge < -0.3 is 15.4 Å². The lowest BCUT2D eigenvalue weighted by molar-refractivity contribution is 0.209. The third kappa shape index (κ3) is 4.37. The summed E-state index contributed by atoms with van der Waals surface area (Å²) < 4.78 is 43.6. The van der Waals surface area contributed by atoms with Crippen molar-refractivity contribution in [2.45, 2.75) is 23.9 Å². The summed E-state index contributed by atoms with van der Waals surface area (Å²) in [6, 6.07) is 8.29. The van der Waals surface area contributed by atoms with E-state index in [9.17, 15) is 17.8 Å². The molecule has 2 atom stereocenters. The van der Waals surface area contributed by atoms with Crippen LogP contribution in [0.2, 0.25) is 0 Å². The number of hydrogen-bond acceptors (Lipinski definition) is 3. The molecule has 0 aliphatic carbocycles. The molecule has 2 aromatic carbocycles. The van der Waals surface area contributed by atoms with Crippen molar-refractivity contribution in [2.75, 3.05) is 12.9 Å². The van der Waals surface area contributed by atoms with E-state index in [-0.39, 0.29) is 24.8 Å². The maximum absolute atomic E-state index is 13.6. The summed E-state index contributed by atoms with van der Waals surface area (Å²) in [7, 11) is -1.04. The first kappa shape index (κ1) is 18.3. The van der Waals surface area contributed by atoms with Crippen LogP contribution in [0.3, 0.4) is 0 Å². The van der Waals surface area contributed by atoms with Gasteiger partial charge in [-0.25, -0.2) is 13.6 Å². The molecule has 2 unspecified atom stereocenters. The van der Waals surface area contributed by atoms with Gasteiger partial charge in [-0.1, -0.05) is 12.1 Å². The minimum absolute atomic E-state index is 0.0401. The molecule has 0 spiro atoms. The van der Waals surface area contributed by atoms with Crippen LogP contribution < -0.4 is 15.4 Å². The molecule has 8 heteroatoms. The summed E-state index contributed by atoms with van der Waals surface area (Å²) in [4.78, 5) is 12.7. The highest BCUT2D eigenvalue weighted by Crippen LogP contribution is 2.28.